The molecule has 13 heavy (non-hydrogen) atoms. The summed E-state index contributed by atoms with van der Waals surface area (Å²) in [6.45, 7) is 0. The smallest absolute Gasteiger partial charge is 0.136 e. The Balaban J connectivity index is 2.20. The highest BCUT2D eigenvalue weighted by Crippen LogP contribution is 2.27. The predicted octanol–water partition coefficient (Wildman–Crippen LogP) is 0.681. The van der Waals surface area contributed by atoms with Gasteiger partial charge in [-0.1, -0.05) is 6.42 Å². The number of aldehydes is 1. The first-order valence-corrected chi connectivity index (χ1v) is 5.16. The Morgan fingerprint density at radius 2 is 2.38 bits per heavy atom. The normalized spacial score (nSPS) is 30.3. The molecule has 1 rings (SSSR count). The van der Waals surface area contributed by atoms with Gasteiger partial charge in [-0.3, -0.25) is 0 Å². The van der Waals surface area contributed by atoms with Crippen LogP contribution in [0.15, 0.2) is 0 Å². The Morgan fingerprint density at radius 3 is 2.85 bits per heavy atom. The summed E-state index contributed by atoms with van der Waals surface area (Å²) >= 11 is 0. The third-order valence-corrected chi connectivity index (χ3v) is 3.10. The van der Waals surface area contributed by atoms with Crippen molar-refractivity contribution in [2.45, 2.75) is 44.2 Å². The number of likely N-dealkylation sites (N-methyl/N-ethyl adjacent to an activating group) is 1. The van der Waals surface area contributed by atoms with E-state index in [0.29, 0.717) is 12.0 Å². The summed E-state index contributed by atoms with van der Waals surface area (Å²) in [6.07, 6.45) is 6.67. The van der Waals surface area contributed by atoms with Gasteiger partial charge in [-0.2, -0.15) is 0 Å². The Hall–Kier alpha value is -0.410. The fraction of sp³-hybridized carbons (Fsp3) is 0.900. The third kappa shape index (κ3) is 3.08. The summed E-state index contributed by atoms with van der Waals surface area (Å²) in [7, 11) is 1.83. The van der Waals surface area contributed by atoms with Crippen molar-refractivity contribution in [3.05, 3.63) is 0 Å². The molecule has 3 nitrogen and oxygen atoms in total. The van der Waals surface area contributed by atoms with Crippen LogP contribution < -0.4 is 11.1 Å². The summed E-state index contributed by atoms with van der Waals surface area (Å²) in [5.74, 6) is 0.649. The molecule has 0 aromatic heterocycles. The molecule has 3 N–H and O–H groups in total. The summed E-state index contributed by atoms with van der Waals surface area (Å²) in [5, 5.41) is 2.98. The van der Waals surface area contributed by atoms with E-state index in [1.807, 2.05) is 7.05 Å². The van der Waals surface area contributed by atoms with Crippen LogP contribution in [0.5, 0.6) is 0 Å². The quantitative estimate of drug-likeness (QED) is 0.618. The molecule has 0 aliphatic heterocycles. The SMILES string of the molecule is CNC(C=O)CCC1CCCC1N. The van der Waals surface area contributed by atoms with E-state index < -0.39 is 0 Å². The van der Waals surface area contributed by atoms with E-state index in [0.717, 1.165) is 25.5 Å². The standard InChI is InChI=1S/C10H20N2O/c1-12-9(7-13)6-5-8-3-2-4-10(8)11/h7-10,12H,2-6,11H2,1H3. The molecule has 1 aliphatic rings. The molecule has 0 bridgehead atoms. The molecule has 3 heteroatoms. The average Bonchev–Trinajstić information content (AvgIpc) is 2.54. The first-order chi connectivity index (χ1) is 6.27. The molecule has 0 heterocycles. The zero-order valence-electron chi connectivity index (χ0n) is 8.33. The van der Waals surface area contributed by atoms with Gasteiger partial charge in [0, 0.05) is 6.04 Å². The van der Waals surface area contributed by atoms with E-state index in [1.165, 1.54) is 12.8 Å². The van der Waals surface area contributed by atoms with Crippen molar-refractivity contribution in [3.8, 4) is 0 Å². The van der Waals surface area contributed by atoms with Gasteiger partial charge in [0.2, 0.25) is 0 Å². The molecule has 76 valence electrons. The number of carbonyl (C=O) groups excluding carboxylic acids is 1. The second-order valence-electron chi connectivity index (χ2n) is 3.96. The number of nitrogens with two attached hydrogens (primary N) is 1. The first-order valence-electron chi connectivity index (χ1n) is 5.16. The minimum atomic E-state index is 0.0211. The highest BCUT2D eigenvalue weighted by atomic mass is 16.1. The van der Waals surface area contributed by atoms with Crippen LogP contribution >= 0.6 is 0 Å². The van der Waals surface area contributed by atoms with Crippen molar-refractivity contribution in [1.29, 1.82) is 0 Å². The summed E-state index contributed by atoms with van der Waals surface area (Å²) in [4.78, 5) is 10.5. The minimum absolute atomic E-state index is 0.0211. The van der Waals surface area contributed by atoms with Crippen molar-refractivity contribution in [2.24, 2.45) is 11.7 Å². The lowest BCUT2D eigenvalue weighted by Gasteiger charge is -2.16. The molecule has 3 atom stereocenters. The second-order valence-corrected chi connectivity index (χ2v) is 3.96. The lowest BCUT2D eigenvalue weighted by molar-refractivity contribution is -0.109. The van der Waals surface area contributed by atoms with E-state index in [2.05, 4.69) is 5.32 Å². The van der Waals surface area contributed by atoms with Crippen molar-refractivity contribution in [3.63, 3.8) is 0 Å². The fourth-order valence-corrected chi connectivity index (χ4v) is 2.10. The van der Waals surface area contributed by atoms with Crippen LogP contribution in [0.25, 0.3) is 0 Å². The largest absolute Gasteiger partial charge is 0.327 e. The van der Waals surface area contributed by atoms with Gasteiger partial charge in [-0.25, -0.2) is 0 Å². The van der Waals surface area contributed by atoms with E-state index in [9.17, 15) is 4.79 Å². The minimum Gasteiger partial charge on any atom is -0.327 e. The maximum atomic E-state index is 10.5. The van der Waals surface area contributed by atoms with Crippen LogP contribution in [0.2, 0.25) is 0 Å². The molecule has 1 aliphatic carbocycles. The molecular weight excluding hydrogens is 164 g/mol. The van der Waals surface area contributed by atoms with Gasteiger partial charge in [0.1, 0.15) is 6.29 Å². The first kappa shape index (κ1) is 10.7. The van der Waals surface area contributed by atoms with Gasteiger partial charge in [-0.05, 0) is 38.6 Å². The molecular formula is C10H20N2O. The molecule has 1 saturated carbocycles. The van der Waals surface area contributed by atoms with Gasteiger partial charge < -0.3 is 15.8 Å². The van der Waals surface area contributed by atoms with Crippen molar-refractivity contribution in [1.82, 2.24) is 5.32 Å². The topological polar surface area (TPSA) is 55.1 Å². The zero-order valence-corrected chi connectivity index (χ0v) is 8.33. The maximum absolute atomic E-state index is 10.5. The highest BCUT2D eigenvalue weighted by molar-refractivity contribution is 5.57. The number of hydrogen-bond donors (Lipinski definition) is 2. The molecule has 0 spiro atoms. The van der Waals surface area contributed by atoms with Crippen molar-refractivity contribution >= 4 is 6.29 Å². The third-order valence-electron chi connectivity index (χ3n) is 3.10. The van der Waals surface area contributed by atoms with Crippen LogP contribution in [0.4, 0.5) is 0 Å². The Morgan fingerprint density at radius 1 is 1.62 bits per heavy atom. The zero-order chi connectivity index (χ0) is 9.68. The van der Waals surface area contributed by atoms with Crippen LogP contribution in [0.1, 0.15) is 32.1 Å². The van der Waals surface area contributed by atoms with Crippen molar-refractivity contribution < 1.29 is 4.79 Å². The van der Waals surface area contributed by atoms with Crippen LogP contribution in [-0.2, 0) is 4.79 Å². The summed E-state index contributed by atoms with van der Waals surface area (Å²) < 4.78 is 0. The molecule has 1 fully saturated rings. The Bertz CT molecular complexity index is 161. The number of carbonyl (C=O) groups is 1. The van der Waals surface area contributed by atoms with Crippen LogP contribution in [-0.4, -0.2) is 25.4 Å². The number of nitrogens with one attached hydrogen (secondary N) is 1. The second kappa shape index (κ2) is 5.35. The molecule has 0 amide bonds. The van der Waals surface area contributed by atoms with Gasteiger partial charge in [0.05, 0.1) is 6.04 Å². The summed E-state index contributed by atoms with van der Waals surface area (Å²) in [6, 6.07) is 0.400. The highest BCUT2D eigenvalue weighted by Gasteiger charge is 2.23. The molecule has 3 unspecified atom stereocenters. The van der Waals surface area contributed by atoms with Gasteiger partial charge >= 0.3 is 0 Å². The average molecular weight is 184 g/mol. The number of rotatable bonds is 5. The van der Waals surface area contributed by atoms with Gasteiger partial charge in [0.25, 0.3) is 0 Å². The van der Waals surface area contributed by atoms with Gasteiger partial charge in [0.15, 0.2) is 0 Å². The monoisotopic (exact) mass is 184 g/mol. The molecule has 0 saturated heterocycles. The Labute approximate surface area is 80.1 Å². The Kier molecular flexibility index (Phi) is 4.39. The van der Waals surface area contributed by atoms with Crippen molar-refractivity contribution in [2.75, 3.05) is 7.05 Å². The fourth-order valence-electron chi connectivity index (χ4n) is 2.10. The molecule has 0 aromatic carbocycles. The van der Waals surface area contributed by atoms with E-state index in [1.54, 1.807) is 0 Å². The summed E-state index contributed by atoms with van der Waals surface area (Å²) in [5.41, 5.74) is 5.94. The lowest BCUT2D eigenvalue weighted by Crippen LogP contribution is -2.30. The lowest BCUT2D eigenvalue weighted by atomic mass is 9.96. The number of hydrogen-bond acceptors (Lipinski definition) is 3. The molecule has 0 aromatic rings. The molecule has 0 radical (unpaired) electrons. The maximum Gasteiger partial charge on any atom is 0.136 e. The van der Waals surface area contributed by atoms with Crippen LogP contribution in [0, 0.1) is 5.92 Å². The van der Waals surface area contributed by atoms with E-state index in [-0.39, 0.29) is 6.04 Å². The van der Waals surface area contributed by atoms with E-state index in [4.69, 9.17) is 5.73 Å². The predicted molar refractivity (Wildman–Crippen MR) is 53.5 cm³/mol. The van der Waals surface area contributed by atoms with Crippen LogP contribution in [0.3, 0.4) is 0 Å². The van der Waals surface area contributed by atoms with Gasteiger partial charge in [-0.15, -0.1) is 0 Å². The van der Waals surface area contributed by atoms with E-state index >= 15 is 0 Å².